The summed E-state index contributed by atoms with van der Waals surface area (Å²) in [5.74, 6) is 0.841. The molecule has 3 nitrogen and oxygen atoms in total. The van der Waals surface area contributed by atoms with E-state index in [1.807, 2.05) is 0 Å². The Morgan fingerprint density at radius 1 is 1.57 bits per heavy atom. The van der Waals surface area contributed by atoms with E-state index in [9.17, 15) is 0 Å². The number of likely N-dealkylation sites (N-methyl/N-ethyl adjacent to an activating group) is 1. The smallest absolute Gasteiger partial charge is 0.0187 e. The van der Waals surface area contributed by atoms with Gasteiger partial charge in [-0.05, 0) is 46.3 Å². The Labute approximate surface area is 88.2 Å². The molecule has 3 heteroatoms. The summed E-state index contributed by atoms with van der Waals surface area (Å²) >= 11 is 0. The molecule has 2 atom stereocenters. The maximum absolute atomic E-state index is 5.65. The van der Waals surface area contributed by atoms with Crippen molar-refractivity contribution in [1.82, 2.24) is 9.80 Å². The zero-order valence-corrected chi connectivity index (χ0v) is 9.87. The molecule has 2 N–H and O–H groups in total. The summed E-state index contributed by atoms with van der Waals surface area (Å²) in [5.41, 5.74) is 5.65. The third-order valence-corrected chi connectivity index (χ3v) is 3.36. The van der Waals surface area contributed by atoms with Crippen molar-refractivity contribution in [3.05, 3.63) is 0 Å². The predicted molar refractivity (Wildman–Crippen MR) is 61.4 cm³/mol. The fourth-order valence-electron chi connectivity index (χ4n) is 2.19. The first-order chi connectivity index (χ1) is 6.63. The normalized spacial score (nSPS) is 26.8. The van der Waals surface area contributed by atoms with Crippen LogP contribution in [-0.4, -0.2) is 56.1 Å². The average molecular weight is 199 g/mol. The first kappa shape index (κ1) is 12.0. The molecular formula is C11H25N3. The molecule has 1 saturated heterocycles. The number of nitrogens with zero attached hydrogens (tertiary/aromatic N) is 2. The lowest BCUT2D eigenvalue weighted by Crippen LogP contribution is -2.42. The molecule has 1 aliphatic heterocycles. The summed E-state index contributed by atoms with van der Waals surface area (Å²) in [5, 5.41) is 0. The van der Waals surface area contributed by atoms with Crippen molar-refractivity contribution in [2.45, 2.75) is 25.8 Å². The standard InChI is InChI=1S/C11H25N3/c1-10(7-12)14(3)9-11-5-4-6-13(2)8-11/h10-11H,4-9,12H2,1-3H3. The van der Waals surface area contributed by atoms with E-state index in [0.29, 0.717) is 6.04 Å². The SMILES string of the molecule is CC(CN)N(C)CC1CCCN(C)C1. The highest BCUT2D eigenvalue weighted by Gasteiger charge is 2.19. The molecule has 1 aliphatic rings. The third-order valence-electron chi connectivity index (χ3n) is 3.36. The highest BCUT2D eigenvalue weighted by atomic mass is 15.2. The molecule has 1 rings (SSSR count). The van der Waals surface area contributed by atoms with Gasteiger partial charge >= 0.3 is 0 Å². The van der Waals surface area contributed by atoms with Crippen molar-refractivity contribution in [2.75, 3.05) is 40.3 Å². The van der Waals surface area contributed by atoms with Gasteiger partial charge in [0.2, 0.25) is 0 Å². The van der Waals surface area contributed by atoms with Crippen LogP contribution < -0.4 is 5.73 Å². The quantitative estimate of drug-likeness (QED) is 0.720. The summed E-state index contributed by atoms with van der Waals surface area (Å²) in [4.78, 5) is 4.83. The topological polar surface area (TPSA) is 32.5 Å². The second kappa shape index (κ2) is 5.69. The van der Waals surface area contributed by atoms with Crippen molar-refractivity contribution < 1.29 is 0 Å². The lowest BCUT2D eigenvalue weighted by Gasteiger charge is -2.34. The maximum atomic E-state index is 5.65. The van der Waals surface area contributed by atoms with E-state index < -0.39 is 0 Å². The minimum Gasteiger partial charge on any atom is -0.329 e. The van der Waals surface area contributed by atoms with Crippen LogP contribution in [0, 0.1) is 5.92 Å². The fraction of sp³-hybridized carbons (Fsp3) is 1.00. The van der Waals surface area contributed by atoms with Gasteiger partial charge in [0.15, 0.2) is 0 Å². The number of piperidine rings is 1. The highest BCUT2D eigenvalue weighted by Crippen LogP contribution is 2.16. The van der Waals surface area contributed by atoms with E-state index in [2.05, 4.69) is 30.8 Å². The lowest BCUT2D eigenvalue weighted by atomic mass is 9.97. The summed E-state index contributed by atoms with van der Waals surface area (Å²) in [7, 11) is 4.41. The van der Waals surface area contributed by atoms with Gasteiger partial charge < -0.3 is 15.5 Å². The molecule has 0 aromatic heterocycles. The van der Waals surface area contributed by atoms with Gasteiger partial charge in [-0.2, -0.15) is 0 Å². The van der Waals surface area contributed by atoms with Crippen LogP contribution >= 0.6 is 0 Å². The Balaban J connectivity index is 2.28. The van der Waals surface area contributed by atoms with Gasteiger partial charge in [-0.25, -0.2) is 0 Å². The Kier molecular flexibility index (Phi) is 4.85. The molecule has 0 bridgehead atoms. The second-order valence-electron chi connectivity index (χ2n) is 4.79. The van der Waals surface area contributed by atoms with Crippen LogP contribution in [0.1, 0.15) is 19.8 Å². The van der Waals surface area contributed by atoms with Crippen LogP contribution in [0.2, 0.25) is 0 Å². The molecule has 1 heterocycles. The van der Waals surface area contributed by atoms with Gasteiger partial charge in [0.25, 0.3) is 0 Å². The summed E-state index contributed by atoms with van der Waals surface area (Å²) < 4.78 is 0. The molecule has 14 heavy (non-hydrogen) atoms. The molecule has 0 aromatic carbocycles. The van der Waals surface area contributed by atoms with Crippen molar-refractivity contribution >= 4 is 0 Å². The largest absolute Gasteiger partial charge is 0.329 e. The number of hydrogen-bond acceptors (Lipinski definition) is 3. The second-order valence-corrected chi connectivity index (χ2v) is 4.79. The Bertz CT molecular complexity index is 161. The fourth-order valence-corrected chi connectivity index (χ4v) is 2.19. The van der Waals surface area contributed by atoms with Crippen molar-refractivity contribution in [3.63, 3.8) is 0 Å². The van der Waals surface area contributed by atoms with E-state index in [0.717, 1.165) is 12.5 Å². The number of hydrogen-bond donors (Lipinski definition) is 1. The van der Waals surface area contributed by atoms with Gasteiger partial charge in [-0.15, -0.1) is 0 Å². The summed E-state index contributed by atoms with van der Waals surface area (Å²) in [6.45, 7) is 6.68. The van der Waals surface area contributed by atoms with Crippen molar-refractivity contribution in [3.8, 4) is 0 Å². The molecule has 0 radical (unpaired) electrons. The van der Waals surface area contributed by atoms with Crippen LogP contribution in [0.25, 0.3) is 0 Å². The lowest BCUT2D eigenvalue weighted by molar-refractivity contribution is 0.148. The molecule has 0 aromatic rings. The molecule has 84 valence electrons. The predicted octanol–water partition coefficient (Wildman–Crippen LogP) is 0.607. The van der Waals surface area contributed by atoms with Crippen molar-refractivity contribution in [1.29, 1.82) is 0 Å². The zero-order valence-electron chi connectivity index (χ0n) is 9.87. The van der Waals surface area contributed by atoms with Crippen LogP contribution in [0.4, 0.5) is 0 Å². The Hall–Kier alpha value is -0.120. The van der Waals surface area contributed by atoms with Crippen molar-refractivity contribution in [2.24, 2.45) is 11.7 Å². The number of nitrogens with two attached hydrogens (primary N) is 1. The minimum atomic E-state index is 0.516. The Morgan fingerprint density at radius 2 is 2.29 bits per heavy atom. The highest BCUT2D eigenvalue weighted by molar-refractivity contribution is 4.75. The third kappa shape index (κ3) is 3.56. The summed E-state index contributed by atoms with van der Waals surface area (Å²) in [6.07, 6.45) is 2.73. The van der Waals surface area contributed by atoms with Gasteiger partial charge in [0, 0.05) is 25.7 Å². The van der Waals surface area contributed by atoms with E-state index in [1.54, 1.807) is 0 Å². The van der Waals surface area contributed by atoms with Gasteiger partial charge in [0.1, 0.15) is 0 Å². The minimum absolute atomic E-state index is 0.516. The molecule has 0 aliphatic carbocycles. The van der Waals surface area contributed by atoms with Crippen LogP contribution in [-0.2, 0) is 0 Å². The van der Waals surface area contributed by atoms with Gasteiger partial charge in [-0.1, -0.05) is 0 Å². The van der Waals surface area contributed by atoms with E-state index in [1.165, 1.54) is 32.5 Å². The summed E-state index contributed by atoms with van der Waals surface area (Å²) in [6, 6.07) is 0.516. The van der Waals surface area contributed by atoms with E-state index in [4.69, 9.17) is 5.73 Å². The molecule has 1 fully saturated rings. The molecule has 0 spiro atoms. The Morgan fingerprint density at radius 3 is 2.86 bits per heavy atom. The molecule has 2 unspecified atom stereocenters. The van der Waals surface area contributed by atoms with E-state index >= 15 is 0 Å². The number of rotatable bonds is 4. The van der Waals surface area contributed by atoms with Crippen LogP contribution in [0.3, 0.4) is 0 Å². The molecular weight excluding hydrogens is 174 g/mol. The van der Waals surface area contributed by atoms with E-state index in [-0.39, 0.29) is 0 Å². The van der Waals surface area contributed by atoms with Crippen LogP contribution in [0.5, 0.6) is 0 Å². The van der Waals surface area contributed by atoms with Gasteiger partial charge in [0.05, 0.1) is 0 Å². The zero-order chi connectivity index (χ0) is 10.6. The number of likely N-dealkylation sites (tertiary alicyclic amines) is 1. The van der Waals surface area contributed by atoms with Gasteiger partial charge in [-0.3, -0.25) is 0 Å². The average Bonchev–Trinajstić information content (AvgIpc) is 2.16. The maximum Gasteiger partial charge on any atom is 0.0187 e. The molecule has 0 amide bonds. The monoisotopic (exact) mass is 199 g/mol. The van der Waals surface area contributed by atoms with Crippen LogP contribution in [0.15, 0.2) is 0 Å². The first-order valence-corrected chi connectivity index (χ1v) is 5.72. The molecule has 0 saturated carbocycles. The first-order valence-electron chi connectivity index (χ1n) is 5.72.